The van der Waals surface area contributed by atoms with Gasteiger partial charge in [0.25, 0.3) is 5.91 Å². The van der Waals surface area contributed by atoms with E-state index in [9.17, 15) is 9.59 Å². The Kier molecular flexibility index (Phi) is 11.0. The van der Waals surface area contributed by atoms with Gasteiger partial charge < -0.3 is 30.2 Å². The number of hydrogen-bond acceptors (Lipinski definition) is 6. The van der Waals surface area contributed by atoms with Crippen LogP contribution < -0.4 is 16.0 Å². The smallest absolute Gasteiger partial charge is 0.406 e. The Bertz CT molecular complexity index is 918. The fourth-order valence-corrected chi connectivity index (χ4v) is 4.27. The number of amides is 2. The van der Waals surface area contributed by atoms with Crippen molar-refractivity contribution >= 4 is 12.0 Å². The molecule has 2 aromatic rings. The number of carbonyl (C=O) groups excluding carboxylic acids is 2. The molecule has 8 nitrogen and oxygen atoms in total. The molecular weight excluding hydrogens is 446 g/mol. The SMILES string of the molecule is CN[C@@H](CNC(=O)c1cccc(C(OCCNC(=O)OC)c2ccccc2)c1)C[C@H]1CCCOC1. The van der Waals surface area contributed by atoms with Crippen molar-refractivity contribution in [1.29, 1.82) is 0 Å². The zero-order chi connectivity index (χ0) is 24.9. The van der Waals surface area contributed by atoms with Crippen LogP contribution in [0.1, 0.15) is 46.9 Å². The Morgan fingerprint density at radius 1 is 1.09 bits per heavy atom. The Morgan fingerprint density at radius 2 is 1.89 bits per heavy atom. The summed E-state index contributed by atoms with van der Waals surface area (Å²) in [6.07, 6.45) is 2.37. The van der Waals surface area contributed by atoms with Gasteiger partial charge in [-0.1, -0.05) is 42.5 Å². The predicted octanol–water partition coefficient (Wildman–Crippen LogP) is 3.28. The Balaban J connectivity index is 1.63. The van der Waals surface area contributed by atoms with Gasteiger partial charge in [-0.2, -0.15) is 0 Å². The fourth-order valence-electron chi connectivity index (χ4n) is 4.27. The van der Waals surface area contributed by atoms with Gasteiger partial charge in [0.2, 0.25) is 0 Å². The summed E-state index contributed by atoms with van der Waals surface area (Å²) >= 11 is 0. The third kappa shape index (κ3) is 8.65. The molecular formula is C27H37N3O5. The number of benzene rings is 2. The van der Waals surface area contributed by atoms with E-state index in [-0.39, 0.29) is 18.1 Å². The summed E-state index contributed by atoms with van der Waals surface area (Å²) in [6, 6.07) is 17.5. The minimum atomic E-state index is -0.501. The number of alkyl carbamates (subject to hydrolysis) is 1. The molecule has 35 heavy (non-hydrogen) atoms. The lowest BCUT2D eigenvalue weighted by Gasteiger charge is -2.26. The molecule has 3 N–H and O–H groups in total. The van der Waals surface area contributed by atoms with Crippen LogP contribution in [0.2, 0.25) is 0 Å². The van der Waals surface area contributed by atoms with Gasteiger partial charge in [0.1, 0.15) is 6.10 Å². The van der Waals surface area contributed by atoms with Crippen molar-refractivity contribution in [2.75, 3.05) is 47.1 Å². The van der Waals surface area contributed by atoms with E-state index in [1.54, 1.807) is 0 Å². The van der Waals surface area contributed by atoms with Crippen LogP contribution in [-0.2, 0) is 14.2 Å². The number of carbonyl (C=O) groups is 2. The van der Waals surface area contributed by atoms with Crippen molar-refractivity contribution in [3.63, 3.8) is 0 Å². The first-order valence-electron chi connectivity index (χ1n) is 12.2. The van der Waals surface area contributed by atoms with Crippen molar-refractivity contribution in [3.05, 3.63) is 71.3 Å². The minimum absolute atomic E-state index is 0.119. The van der Waals surface area contributed by atoms with Crippen LogP contribution in [0, 0.1) is 5.92 Å². The second-order valence-corrected chi connectivity index (χ2v) is 8.72. The summed E-state index contributed by atoms with van der Waals surface area (Å²) in [4.78, 5) is 24.3. The molecule has 0 spiro atoms. The first-order valence-corrected chi connectivity index (χ1v) is 12.2. The summed E-state index contributed by atoms with van der Waals surface area (Å²) < 4.78 is 16.3. The number of nitrogens with one attached hydrogen (secondary N) is 3. The predicted molar refractivity (Wildman–Crippen MR) is 134 cm³/mol. The van der Waals surface area contributed by atoms with Gasteiger partial charge in [-0.25, -0.2) is 4.79 Å². The summed E-state index contributed by atoms with van der Waals surface area (Å²) in [5.74, 6) is 0.407. The highest BCUT2D eigenvalue weighted by atomic mass is 16.5. The first-order chi connectivity index (χ1) is 17.1. The Morgan fingerprint density at radius 3 is 2.60 bits per heavy atom. The van der Waals surface area contributed by atoms with Gasteiger partial charge in [-0.3, -0.25) is 4.79 Å². The molecule has 3 atom stereocenters. The lowest BCUT2D eigenvalue weighted by Crippen LogP contribution is -2.41. The molecule has 2 aromatic carbocycles. The monoisotopic (exact) mass is 483 g/mol. The fraction of sp³-hybridized carbons (Fsp3) is 0.481. The van der Waals surface area contributed by atoms with Crippen LogP contribution in [-0.4, -0.2) is 65.1 Å². The van der Waals surface area contributed by atoms with E-state index in [1.165, 1.54) is 13.5 Å². The van der Waals surface area contributed by atoms with E-state index >= 15 is 0 Å². The number of likely N-dealkylation sites (N-methyl/N-ethyl adjacent to an activating group) is 1. The van der Waals surface area contributed by atoms with E-state index in [1.807, 2.05) is 61.6 Å². The summed E-state index contributed by atoms with van der Waals surface area (Å²) in [7, 11) is 3.25. The van der Waals surface area contributed by atoms with Gasteiger partial charge >= 0.3 is 6.09 Å². The van der Waals surface area contributed by atoms with E-state index in [4.69, 9.17) is 9.47 Å². The highest BCUT2D eigenvalue weighted by Crippen LogP contribution is 2.26. The molecule has 1 saturated heterocycles. The molecule has 8 heteroatoms. The maximum Gasteiger partial charge on any atom is 0.406 e. The van der Waals surface area contributed by atoms with Gasteiger partial charge in [0, 0.05) is 37.9 Å². The summed E-state index contributed by atoms with van der Waals surface area (Å²) in [5, 5.41) is 9.01. The highest BCUT2D eigenvalue weighted by molar-refractivity contribution is 5.94. The highest BCUT2D eigenvalue weighted by Gasteiger charge is 2.20. The average Bonchev–Trinajstić information content (AvgIpc) is 2.91. The van der Waals surface area contributed by atoms with Crippen molar-refractivity contribution < 1.29 is 23.8 Å². The minimum Gasteiger partial charge on any atom is -0.453 e. The van der Waals surface area contributed by atoms with Crippen LogP contribution in [0.15, 0.2) is 54.6 Å². The standard InChI is InChI=1S/C27H37N3O5/c1-28-24(16-20-8-7-14-34-19-20)18-30-26(31)23-12-6-11-22(17-23)25(21-9-4-3-5-10-21)35-15-13-29-27(32)33-2/h3-6,9-12,17,20,24-25,28H,7-8,13-16,18-19H2,1-2H3,(H,29,32)(H,30,31)/t20-,24-,25?/m1/s1. The lowest BCUT2D eigenvalue weighted by molar-refractivity contribution is 0.0478. The molecule has 190 valence electrons. The Hall–Kier alpha value is -2.94. The van der Waals surface area contributed by atoms with Crippen LogP contribution in [0.4, 0.5) is 4.79 Å². The van der Waals surface area contributed by atoms with Crippen molar-refractivity contribution in [2.24, 2.45) is 5.92 Å². The van der Waals surface area contributed by atoms with Crippen molar-refractivity contribution in [1.82, 2.24) is 16.0 Å². The third-order valence-corrected chi connectivity index (χ3v) is 6.18. The Labute approximate surface area is 207 Å². The molecule has 3 rings (SSSR count). The molecule has 1 aliphatic heterocycles. The van der Waals surface area contributed by atoms with Gasteiger partial charge in [-0.05, 0) is 55.5 Å². The average molecular weight is 484 g/mol. The van der Waals surface area contributed by atoms with Gasteiger partial charge in [-0.15, -0.1) is 0 Å². The number of ether oxygens (including phenoxy) is 3. The molecule has 0 radical (unpaired) electrons. The van der Waals surface area contributed by atoms with Crippen LogP contribution in [0.25, 0.3) is 0 Å². The molecule has 1 aliphatic rings. The van der Waals surface area contributed by atoms with Gasteiger partial charge in [0.05, 0.1) is 13.7 Å². The quantitative estimate of drug-likeness (QED) is 0.401. The second-order valence-electron chi connectivity index (χ2n) is 8.72. The lowest BCUT2D eigenvalue weighted by atomic mass is 9.94. The van der Waals surface area contributed by atoms with Crippen LogP contribution in [0.5, 0.6) is 0 Å². The third-order valence-electron chi connectivity index (χ3n) is 6.18. The van der Waals surface area contributed by atoms with E-state index in [2.05, 4.69) is 20.7 Å². The zero-order valence-electron chi connectivity index (χ0n) is 20.6. The molecule has 1 fully saturated rings. The van der Waals surface area contributed by atoms with E-state index in [0.29, 0.717) is 31.2 Å². The summed E-state index contributed by atoms with van der Waals surface area (Å²) in [5.41, 5.74) is 2.41. The second kappa shape index (κ2) is 14.5. The van der Waals surface area contributed by atoms with Crippen LogP contribution >= 0.6 is 0 Å². The van der Waals surface area contributed by atoms with E-state index in [0.717, 1.165) is 37.2 Å². The molecule has 1 heterocycles. The molecule has 0 bridgehead atoms. The zero-order valence-corrected chi connectivity index (χ0v) is 20.6. The molecule has 1 unspecified atom stereocenters. The largest absolute Gasteiger partial charge is 0.453 e. The molecule has 0 aromatic heterocycles. The van der Waals surface area contributed by atoms with Crippen LogP contribution in [0.3, 0.4) is 0 Å². The maximum absolute atomic E-state index is 13.0. The normalized spacial score (nSPS) is 17.3. The molecule has 0 aliphatic carbocycles. The number of methoxy groups -OCH3 is 1. The first kappa shape index (κ1) is 26.7. The number of hydrogen-bond donors (Lipinski definition) is 3. The van der Waals surface area contributed by atoms with E-state index < -0.39 is 6.09 Å². The number of rotatable bonds is 12. The topological polar surface area (TPSA) is 97.9 Å². The summed E-state index contributed by atoms with van der Waals surface area (Å²) in [6.45, 7) is 2.80. The maximum atomic E-state index is 13.0. The van der Waals surface area contributed by atoms with Gasteiger partial charge in [0.15, 0.2) is 0 Å². The molecule has 2 amide bonds. The molecule has 0 saturated carbocycles. The van der Waals surface area contributed by atoms with Crippen molar-refractivity contribution in [3.8, 4) is 0 Å². The van der Waals surface area contributed by atoms with Crippen molar-refractivity contribution in [2.45, 2.75) is 31.4 Å².